The molecule has 1 fully saturated rings. The zero-order valence-corrected chi connectivity index (χ0v) is 6.90. The number of aromatic nitrogens is 2. The van der Waals surface area contributed by atoms with Crippen molar-refractivity contribution in [3.63, 3.8) is 0 Å². The Hall–Kier alpha value is -0.940. The molecule has 5 nitrogen and oxygen atoms in total. The van der Waals surface area contributed by atoms with Crippen LogP contribution in [0.3, 0.4) is 0 Å². The molecule has 0 spiro atoms. The number of likely N-dealkylation sites (tertiary alicyclic amines) is 1. The van der Waals surface area contributed by atoms with Crippen molar-refractivity contribution in [1.82, 2.24) is 15.2 Å². The van der Waals surface area contributed by atoms with E-state index >= 15 is 0 Å². The Morgan fingerprint density at radius 1 is 1.58 bits per heavy atom. The first-order valence-corrected chi connectivity index (χ1v) is 3.94. The van der Waals surface area contributed by atoms with Crippen molar-refractivity contribution in [3.8, 4) is 0 Å². The maximum absolute atomic E-state index is 9.02. The Morgan fingerprint density at radius 3 is 2.83 bits per heavy atom. The van der Waals surface area contributed by atoms with Gasteiger partial charge in [0.25, 0.3) is 0 Å². The Morgan fingerprint density at radius 2 is 2.33 bits per heavy atom. The zero-order chi connectivity index (χ0) is 8.55. The summed E-state index contributed by atoms with van der Waals surface area (Å²) in [6.45, 7) is 4.05. The predicted molar refractivity (Wildman–Crippen MR) is 40.3 cm³/mol. The molecule has 1 aliphatic heterocycles. The first kappa shape index (κ1) is 7.70. The first-order valence-electron chi connectivity index (χ1n) is 3.94. The van der Waals surface area contributed by atoms with Crippen molar-refractivity contribution in [2.45, 2.75) is 19.6 Å². The van der Waals surface area contributed by atoms with E-state index in [-0.39, 0.29) is 6.10 Å². The van der Waals surface area contributed by atoms with Crippen molar-refractivity contribution in [1.29, 1.82) is 0 Å². The maximum Gasteiger partial charge on any atom is 0.122 e. The lowest BCUT2D eigenvalue weighted by Crippen LogP contribution is -2.49. The van der Waals surface area contributed by atoms with Crippen LogP contribution < -0.4 is 0 Å². The summed E-state index contributed by atoms with van der Waals surface area (Å²) >= 11 is 0. The molecule has 0 amide bonds. The number of hydrogen-bond acceptors (Lipinski definition) is 5. The van der Waals surface area contributed by atoms with Gasteiger partial charge in [-0.2, -0.15) is 0 Å². The molecule has 12 heavy (non-hydrogen) atoms. The highest BCUT2D eigenvalue weighted by atomic mass is 16.6. The van der Waals surface area contributed by atoms with Crippen LogP contribution in [0.5, 0.6) is 0 Å². The minimum absolute atomic E-state index is 0.162. The fourth-order valence-electron chi connectivity index (χ4n) is 1.28. The molecule has 1 aromatic heterocycles. The molecule has 66 valence electrons. The van der Waals surface area contributed by atoms with Crippen LogP contribution in [0.2, 0.25) is 0 Å². The summed E-state index contributed by atoms with van der Waals surface area (Å²) in [6, 6.07) is 0. The van der Waals surface area contributed by atoms with Gasteiger partial charge in [0.05, 0.1) is 6.10 Å². The molecule has 1 aromatic rings. The number of hydrogen-bond donors (Lipinski definition) is 1. The largest absolute Gasteiger partial charge is 0.390 e. The lowest BCUT2D eigenvalue weighted by molar-refractivity contribution is -0.00411. The molecule has 0 unspecified atom stereocenters. The average Bonchev–Trinajstić information content (AvgIpc) is 2.33. The summed E-state index contributed by atoms with van der Waals surface area (Å²) in [6.07, 6.45) is -0.162. The van der Waals surface area contributed by atoms with E-state index in [1.807, 2.05) is 6.92 Å². The fourth-order valence-corrected chi connectivity index (χ4v) is 1.28. The number of nitrogens with zero attached hydrogens (tertiary/aromatic N) is 3. The van der Waals surface area contributed by atoms with Gasteiger partial charge >= 0.3 is 0 Å². The molecule has 2 rings (SSSR count). The number of aryl methyl sites for hydroxylation is 1. The number of β-amino-alcohol motifs (C(OH)–C–C–N with tert-alkyl or cyclic N) is 1. The minimum Gasteiger partial charge on any atom is -0.390 e. The molecule has 0 bridgehead atoms. The van der Waals surface area contributed by atoms with Crippen molar-refractivity contribution in [2.75, 3.05) is 13.1 Å². The molecule has 0 saturated carbocycles. The van der Waals surface area contributed by atoms with Crippen LogP contribution in [-0.2, 0) is 6.54 Å². The highest BCUT2D eigenvalue weighted by Gasteiger charge is 2.25. The third kappa shape index (κ3) is 1.33. The van der Waals surface area contributed by atoms with Gasteiger partial charge in [-0.1, -0.05) is 10.3 Å². The monoisotopic (exact) mass is 169 g/mol. The molecule has 5 heteroatoms. The van der Waals surface area contributed by atoms with Gasteiger partial charge in [0.15, 0.2) is 0 Å². The third-order valence-corrected chi connectivity index (χ3v) is 2.06. The Balaban J connectivity index is 1.92. The molecule has 1 N–H and O–H groups in total. The van der Waals surface area contributed by atoms with Crippen LogP contribution >= 0.6 is 0 Å². The van der Waals surface area contributed by atoms with Crippen molar-refractivity contribution >= 4 is 0 Å². The van der Waals surface area contributed by atoms with E-state index < -0.39 is 0 Å². The van der Waals surface area contributed by atoms with E-state index in [1.54, 1.807) is 0 Å². The lowest BCUT2D eigenvalue weighted by atomic mass is 10.1. The number of aliphatic hydroxyl groups is 1. The Kier molecular flexibility index (Phi) is 1.82. The minimum atomic E-state index is -0.162. The van der Waals surface area contributed by atoms with E-state index in [1.165, 1.54) is 0 Å². The van der Waals surface area contributed by atoms with Crippen LogP contribution in [0.25, 0.3) is 0 Å². The van der Waals surface area contributed by atoms with Gasteiger partial charge in [-0.25, -0.2) is 4.63 Å². The second kappa shape index (κ2) is 2.84. The lowest BCUT2D eigenvalue weighted by Gasteiger charge is -2.34. The molecular weight excluding hydrogens is 158 g/mol. The summed E-state index contributed by atoms with van der Waals surface area (Å²) in [7, 11) is 0. The van der Waals surface area contributed by atoms with E-state index in [0.29, 0.717) is 0 Å². The van der Waals surface area contributed by atoms with Gasteiger partial charge < -0.3 is 5.11 Å². The van der Waals surface area contributed by atoms with Gasteiger partial charge in [0.1, 0.15) is 11.4 Å². The smallest absolute Gasteiger partial charge is 0.122 e. The number of rotatable bonds is 2. The van der Waals surface area contributed by atoms with E-state index in [4.69, 9.17) is 5.11 Å². The summed E-state index contributed by atoms with van der Waals surface area (Å²) in [5, 5.41) is 16.4. The van der Waals surface area contributed by atoms with Crippen LogP contribution in [0.1, 0.15) is 11.4 Å². The van der Waals surface area contributed by atoms with Gasteiger partial charge in [-0.3, -0.25) is 4.90 Å². The SMILES string of the molecule is Cc1nonc1CN1CC(O)C1. The Bertz CT molecular complexity index is 267. The van der Waals surface area contributed by atoms with E-state index in [0.717, 1.165) is 31.0 Å². The summed E-state index contributed by atoms with van der Waals surface area (Å²) in [5.74, 6) is 0. The van der Waals surface area contributed by atoms with Gasteiger partial charge in [0, 0.05) is 19.6 Å². The average molecular weight is 169 g/mol. The van der Waals surface area contributed by atoms with Crippen molar-refractivity contribution in [3.05, 3.63) is 11.4 Å². The highest BCUT2D eigenvalue weighted by molar-refractivity contribution is 5.05. The molecular formula is C7H11N3O2. The molecule has 0 aliphatic carbocycles. The van der Waals surface area contributed by atoms with Crippen LogP contribution in [-0.4, -0.2) is 39.5 Å². The van der Waals surface area contributed by atoms with E-state index in [2.05, 4.69) is 19.8 Å². The summed E-state index contributed by atoms with van der Waals surface area (Å²) in [5.41, 5.74) is 1.69. The fraction of sp³-hybridized carbons (Fsp3) is 0.714. The zero-order valence-electron chi connectivity index (χ0n) is 6.90. The maximum atomic E-state index is 9.02. The summed E-state index contributed by atoms with van der Waals surface area (Å²) < 4.78 is 4.55. The number of aliphatic hydroxyl groups excluding tert-OH is 1. The predicted octanol–water partition coefficient (Wildman–Crippen LogP) is -0.445. The normalized spacial score (nSPS) is 19.5. The van der Waals surface area contributed by atoms with E-state index in [9.17, 15) is 0 Å². The van der Waals surface area contributed by atoms with Crippen LogP contribution in [0.4, 0.5) is 0 Å². The second-order valence-corrected chi connectivity index (χ2v) is 3.14. The molecule has 1 aliphatic rings. The molecule has 2 heterocycles. The van der Waals surface area contributed by atoms with Gasteiger partial charge in [-0.05, 0) is 6.92 Å². The van der Waals surface area contributed by atoms with Crippen molar-refractivity contribution < 1.29 is 9.74 Å². The van der Waals surface area contributed by atoms with Crippen LogP contribution in [0, 0.1) is 6.92 Å². The standard InChI is InChI=1S/C7H11N3O2/c1-5-7(9-12-8-5)4-10-2-6(11)3-10/h6,11H,2-4H2,1H3. The summed E-state index contributed by atoms with van der Waals surface area (Å²) in [4.78, 5) is 2.09. The quantitative estimate of drug-likeness (QED) is 0.650. The topological polar surface area (TPSA) is 62.4 Å². The molecule has 0 atom stereocenters. The second-order valence-electron chi connectivity index (χ2n) is 3.14. The van der Waals surface area contributed by atoms with Crippen LogP contribution in [0.15, 0.2) is 4.63 Å². The molecule has 1 saturated heterocycles. The van der Waals surface area contributed by atoms with Gasteiger partial charge in [0.2, 0.25) is 0 Å². The third-order valence-electron chi connectivity index (χ3n) is 2.06. The molecule has 0 radical (unpaired) electrons. The first-order chi connectivity index (χ1) is 5.75. The van der Waals surface area contributed by atoms with Crippen molar-refractivity contribution in [2.24, 2.45) is 0 Å². The molecule has 0 aromatic carbocycles. The Labute approximate surface area is 69.9 Å². The van der Waals surface area contributed by atoms with Gasteiger partial charge in [-0.15, -0.1) is 0 Å². The highest BCUT2D eigenvalue weighted by Crippen LogP contribution is 2.12.